The van der Waals surface area contributed by atoms with Crippen molar-refractivity contribution < 1.29 is 4.79 Å². The topological polar surface area (TPSA) is 70.1 Å². The van der Waals surface area contributed by atoms with Gasteiger partial charge in [0.15, 0.2) is 0 Å². The van der Waals surface area contributed by atoms with Gasteiger partial charge in [0, 0.05) is 20.1 Å². The van der Waals surface area contributed by atoms with Gasteiger partial charge in [-0.1, -0.05) is 25.0 Å². The second-order valence-corrected chi connectivity index (χ2v) is 5.66. The summed E-state index contributed by atoms with van der Waals surface area (Å²) in [6, 6.07) is 9.50. The van der Waals surface area contributed by atoms with Crippen molar-refractivity contribution >= 4 is 5.91 Å². The maximum atomic E-state index is 12.6. The first-order valence-electron chi connectivity index (χ1n) is 7.06. The summed E-state index contributed by atoms with van der Waals surface area (Å²) in [5.74, 6) is 0.139. The predicted octanol–water partition coefficient (Wildman–Crippen LogP) is 2.04. The number of carbonyl (C=O) groups excluding carboxylic acids is 1. The molecular weight excluding hydrogens is 250 g/mol. The van der Waals surface area contributed by atoms with E-state index in [9.17, 15) is 4.79 Å². The molecule has 4 heteroatoms. The SMILES string of the molecule is CN(Cc1cccc(C#N)c1)C(=O)C1(CN)CCCC1. The minimum absolute atomic E-state index is 0.139. The molecule has 1 aromatic carbocycles. The molecule has 20 heavy (non-hydrogen) atoms. The number of nitriles is 1. The summed E-state index contributed by atoms with van der Waals surface area (Å²) in [4.78, 5) is 14.4. The van der Waals surface area contributed by atoms with E-state index < -0.39 is 0 Å². The fraction of sp³-hybridized carbons (Fsp3) is 0.500. The zero-order valence-electron chi connectivity index (χ0n) is 11.9. The second kappa shape index (κ2) is 6.06. The molecule has 2 rings (SSSR count). The first-order chi connectivity index (χ1) is 9.61. The van der Waals surface area contributed by atoms with Crippen LogP contribution in [0.1, 0.15) is 36.8 Å². The van der Waals surface area contributed by atoms with E-state index in [1.165, 1.54) is 0 Å². The van der Waals surface area contributed by atoms with Gasteiger partial charge in [-0.15, -0.1) is 0 Å². The van der Waals surface area contributed by atoms with Crippen LogP contribution < -0.4 is 5.73 Å². The van der Waals surface area contributed by atoms with Crippen molar-refractivity contribution in [3.05, 3.63) is 35.4 Å². The van der Waals surface area contributed by atoms with Gasteiger partial charge < -0.3 is 10.6 Å². The standard InChI is InChI=1S/C16H21N3O/c1-19(11-14-6-4-5-13(9-14)10-17)15(20)16(12-18)7-2-3-8-16/h4-6,9H,2-3,7-8,11-12,18H2,1H3. The van der Waals surface area contributed by atoms with Gasteiger partial charge in [-0.2, -0.15) is 5.26 Å². The molecule has 1 saturated carbocycles. The Hall–Kier alpha value is -1.86. The van der Waals surface area contributed by atoms with Crippen molar-refractivity contribution in [2.75, 3.05) is 13.6 Å². The number of hydrogen-bond acceptors (Lipinski definition) is 3. The van der Waals surface area contributed by atoms with Gasteiger partial charge in [0.25, 0.3) is 0 Å². The minimum atomic E-state index is -0.360. The first-order valence-corrected chi connectivity index (χ1v) is 7.06. The summed E-state index contributed by atoms with van der Waals surface area (Å²) < 4.78 is 0. The third-order valence-corrected chi connectivity index (χ3v) is 4.23. The number of nitrogens with two attached hydrogens (primary N) is 1. The fourth-order valence-electron chi connectivity index (χ4n) is 3.05. The van der Waals surface area contributed by atoms with Crippen LogP contribution in [0, 0.1) is 16.7 Å². The summed E-state index contributed by atoms with van der Waals surface area (Å²) in [5.41, 5.74) is 7.10. The number of nitrogens with zero attached hydrogens (tertiary/aromatic N) is 2. The zero-order chi connectivity index (χ0) is 14.6. The molecule has 4 nitrogen and oxygen atoms in total. The van der Waals surface area contributed by atoms with Crippen LogP contribution in [0.4, 0.5) is 0 Å². The average Bonchev–Trinajstić information content (AvgIpc) is 2.96. The van der Waals surface area contributed by atoms with Gasteiger partial charge in [-0.3, -0.25) is 4.79 Å². The quantitative estimate of drug-likeness (QED) is 0.911. The molecule has 0 unspecified atom stereocenters. The van der Waals surface area contributed by atoms with Crippen molar-refractivity contribution in [3.8, 4) is 6.07 Å². The van der Waals surface area contributed by atoms with E-state index >= 15 is 0 Å². The molecule has 0 spiro atoms. The Morgan fingerprint density at radius 2 is 2.15 bits per heavy atom. The van der Waals surface area contributed by atoms with Crippen LogP contribution in [0.2, 0.25) is 0 Å². The highest BCUT2D eigenvalue weighted by Gasteiger charge is 2.41. The van der Waals surface area contributed by atoms with Gasteiger partial charge in [0.05, 0.1) is 17.0 Å². The van der Waals surface area contributed by atoms with Crippen LogP contribution in [-0.2, 0) is 11.3 Å². The molecule has 1 aromatic rings. The van der Waals surface area contributed by atoms with Crippen molar-refractivity contribution in [1.82, 2.24) is 4.90 Å². The van der Waals surface area contributed by atoms with E-state index in [4.69, 9.17) is 11.0 Å². The van der Waals surface area contributed by atoms with Gasteiger partial charge in [-0.25, -0.2) is 0 Å². The largest absolute Gasteiger partial charge is 0.341 e. The highest BCUT2D eigenvalue weighted by Crippen LogP contribution is 2.38. The van der Waals surface area contributed by atoms with E-state index in [0.29, 0.717) is 18.7 Å². The Morgan fingerprint density at radius 3 is 2.75 bits per heavy atom. The van der Waals surface area contributed by atoms with Crippen LogP contribution in [0.15, 0.2) is 24.3 Å². The maximum Gasteiger partial charge on any atom is 0.230 e. The Kier molecular flexibility index (Phi) is 4.41. The van der Waals surface area contributed by atoms with Crippen molar-refractivity contribution in [1.29, 1.82) is 5.26 Å². The Labute approximate surface area is 120 Å². The molecule has 1 fully saturated rings. The molecule has 1 aliphatic rings. The van der Waals surface area contributed by atoms with E-state index in [1.807, 2.05) is 25.2 Å². The lowest BCUT2D eigenvalue weighted by Crippen LogP contribution is -2.44. The molecular formula is C16H21N3O. The summed E-state index contributed by atoms with van der Waals surface area (Å²) in [6.45, 7) is 0.949. The number of benzene rings is 1. The summed E-state index contributed by atoms with van der Waals surface area (Å²) >= 11 is 0. The van der Waals surface area contributed by atoms with Gasteiger partial charge in [0.2, 0.25) is 5.91 Å². The van der Waals surface area contributed by atoms with Crippen molar-refractivity contribution in [2.24, 2.45) is 11.1 Å². The summed E-state index contributed by atoms with van der Waals surface area (Å²) in [7, 11) is 1.82. The van der Waals surface area contributed by atoms with Gasteiger partial charge in [0.1, 0.15) is 0 Å². The Balaban J connectivity index is 2.09. The average molecular weight is 271 g/mol. The molecule has 1 aliphatic carbocycles. The van der Waals surface area contributed by atoms with Crippen molar-refractivity contribution in [3.63, 3.8) is 0 Å². The third-order valence-electron chi connectivity index (χ3n) is 4.23. The summed E-state index contributed by atoms with van der Waals surface area (Å²) in [5, 5.41) is 8.91. The Morgan fingerprint density at radius 1 is 1.45 bits per heavy atom. The second-order valence-electron chi connectivity index (χ2n) is 5.66. The third kappa shape index (κ3) is 2.83. The highest BCUT2D eigenvalue weighted by molar-refractivity contribution is 5.83. The number of amides is 1. The molecule has 2 N–H and O–H groups in total. The minimum Gasteiger partial charge on any atom is -0.341 e. The van der Waals surface area contributed by atoms with Crippen LogP contribution in [0.3, 0.4) is 0 Å². The zero-order valence-corrected chi connectivity index (χ0v) is 11.9. The molecule has 0 atom stereocenters. The van der Waals surface area contributed by atoms with Gasteiger partial charge in [-0.05, 0) is 30.5 Å². The van der Waals surface area contributed by atoms with Crippen LogP contribution in [-0.4, -0.2) is 24.4 Å². The fourth-order valence-corrected chi connectivity index (χ4v) is 3.05. The van der Waals surface area contributed by atoms with E-state index in [-0.39, 0.29) is 11.3 Å². The molecule has 0 heterocycles. The van der Waals surface area contributed by atoms with Crippen LogP contribution in [0.5, 0.6) is 0 Å². The highest BCUT2D eigenvalue weighted by atomic mass is 16.2. The van der Waals surface area contributed by atoms with E-state index in [1.54, 1.807) is 11.0 Å². The predicted molar refractivity (Wildman–Crippen MR) is 77.6 cm³/mol. The molecule has 0 aliphatic heterocycles. The molecule has 0 aromatic heterocycles. The van der Waals surface area contributed by atoms with Crippen LogP contribution >= 0.6 is 0 Å². The monoisotopic (exact) mass is 271 g/mol. The lowest BCUT2D eigenvalue weighted by Gasteiger charge is -2.31. The maximum absolute atomic E-state index is 12.6. The first kappa shape index (κ1) is 14.5. The van der Waals surface area contributed by atoms with E-state index in [2.05, 4.69) is 6.07 Å². The van der Waals surface area contributed by atoms with Crippen LogP contribution in [0.25, 0.3) is 0 Å². The summed E-state index contributed by atoms with van der Waals surface area (Å²) in [6.07, 6.45) is 3.96. The molecule has 1 amide bonds. The molecule has 0 radical (unpaired) electrons. The lowest BCUT2D eigenvalue weighted by molar-refractivity contribution is -0.140. The lowest BCUT2D eigenvalue weighted by atomic mass is 9.84. The number of carbonyl (C=O) groups is 1. The number of rotatable bonds is 4. The number of hydrogen-bond donors (Lipinski definition) is 1. The smallest absolute Gasteiger partial charge is 0.230 e. The molecule has 0 saturated heterocycles. The normalized spacial score (nSPS) is 16.6. The molecule has 0 bridgehead atoms. The Bertz CT molecular complexity index is 527. The van der Waals surface area contributed by atoms with E-state index in [0.717, 1.165) is 31.2 Å². The van der Waals surface area contributed by atoms with Crippen molar-refractivity contribution in [2.45, 2.75) is 32.2 Å². The van der Waals surface area contributed by atoms with Gasteiger partial charge >= 0.3 is 0 Å². The molecule has 106 valence electrons.